The third kappa shape index (κ3) is 5.36. The van der Waals surface area contributed by atoms with Gasteiger partial charge in [-0.15, -0.1) is 0 Å². The quantitative estimate of drug-likeness (QED) is 0.168. The van der Waals surface area contributed by atoms with Gasteiger partial charge in [0.1, 0.15) is 11.2 Å². The Balaban J connectivity index is 1.17. The van der Waals surface area contributed by atoms with Crippen LogP contribution in [0.5, 0.6) is 0 Å². The standard InChI is InChI=1S/C56H36N2O/c1-2-17-42(18-3-1)58-51-24-9-8-22-48(51)50-36-41(30-34-52(50)58)40-16-10-19-44(35-40)57(43-31-27-39(28-32-43)46-23-11-15-37-13-4-6-20-45(37)46)53-25-12-26-54-55(53)49-33-29-38-14-5-7-21-47(38)56(49)59-54/h1-36H/i10D,16D,19D,27D,28D,31D,32D,35D. The van der Waals surface area contributed by atoms with Crippen molar-refractivity contribution < 1.29 is 15.4 Å². The fourth-order valence-electron chi connectivity index (χ4n) is 8.64. The van der Waals surface area contributed by atoms with Crippen LogP contribution in [0.3, 0.4) is 0 Å². The van der Waals surface area contributed by atoms with Crippen molar-refractivity contribution in [3.63, 3.8) is 0 Å². The van der Waals surface area contributed by atoms with Crippen LogP contribution >= 0.6 is 0 Å². The van der Waals surface area contributed by atoms with Crippen molar-refractivity contribution in [2.45, 2.75) is 0 Å². The predicted octanol–water partition coefficient (Wildman–Crippen LogP) is 15.8. The van der Waals surface area contributed by atoms with Crippen LogP contribution in [0.15, 0.2) is 223 Å². The molecule has 0 N–H and O–H groups in total. The molecule has 0 aliphatic carbocycles. The zero-order chi connectivity index (χ0) is 45.8. The smallest absolute Gasteiger partial charge is 0.143 e. The summed E-state index contributed by atoms with van der Waals surface area (Å²) in [5.74, 6) is 0. The van der Waals surface area contributed by atoms with E-state index in [-0.39, 0.29) is 46.7 Å². The Hall–Kier alpha value is -7.88. The normalized spacial score (nSPS) is 13.6. The Bertz CT molecular complexity index is 4010. The van der Waals surface area contributed by atoms with Gasteiger partial charge in [0.2, 0.25) is 0 Å². The summed E-state index contributed by atoms with van der Waals surface area (Å²) in [6.07, 6.45) is 0. The molecular weight excluding hydrogens is 717 g/mol. The minimum atomic E-state index is -0.481. The van der Waals surface area contributed by atoms with E-state index in [9.17, 15) is 11.0 Å². The summed E-state index contributed by atoms with van der Waals surface area (Å²) < 4.78 is 86.3. The number of aromatic nitrogens is 1. The van der Waals surface area contributed by atoms with Crippen molar-refractivity contribution in [2.24, 2.45) is 0 Å². The average molecular weight is 761 g/mol. The summed E-state index contributed by atoms with van der Waals surface area (Å²) >= 11 is 0. The second-order valence-electron chi connectivity index (χ2n) is 14.6. The minimum absolute atomic E-state index is 0.0808. The third-order valence-corrected chi connectivity index (χ3v) is 11.3. The van der Waals surface area contributed by atoms with E-state index in [1.54, 1.807) is 18.2 Å². The first-order chi connectivity index (χ1) is 32.6. The van der Waals surface area contributed by atoms with Gasteiger partial charge in [-0.05, 0) is 111 Å². The third-order valence-electron chi connectivity index (χ3n) is 11.3. The number of hydrogen-bond acceptors (Lipinski definition) is 2. The van der Waals surface area contributed by atoms with E-state index >= 15 is 0 Å². The highest BCUT2D eigenvalue weighted by Gasteiger charge is 2.21. The van der Waals surface area contributed by atoms with E-state index < -0.39 is 24.2 Å². The van der Waals surface area contributed by atoms with E-state index in [0.29, 0.717) is 38.8 Å². The zero-order valence-electron chi connectivity index (χ0n) is 39.5. The first-order valence-electron chi connectivity index (χ1n) is 23.5. The number of benzene rings is 10. The van der Waals surface area contributed by atoms with Gasteiger partial charge < -0.3 is 13.9 Å². The number of hydrogen-bond donors (Lipinski definition) is 0. The Morgan fingerprint density at radius 2 is 1.17 bits per heavy atom. The van der Waals surface area contributed by atoms with E-state index in [1.165, 1.54) is 4.90 Å². The van der Waals surface area contributed by atoms with Gasteiger partial charge in [0.25, 0.3) is 0 Å². The van der Waals surface area contributed by atoms with Gasteiger partial charge in [0.05, 0.1) is 33.1 Å². The maximum Gasteiger partial charge on any atom is 0.143 e. The molecule has 0 amide bonds. The van der Waals surface area contributed by atoms with Crippen LogP contribution in [-0.4, -0.2) is 4.57 Å². The highest BCUT2D eigenvalue weighted by atomic mass is 16.3. The molecule has 0 bridgehead atoms. The number of para-hydroxylation sites is 2. The molecule has 0 saturated heterocycles. The highest BCUT2D eigenvalue weighted by molar-refractivity contribution is 6.19. The topological polar surface area (TPSA) is 21.3 Å². The maximum atomic E-state index is 10.1. The van der Waals surface area contributed by atoms with Crippen LogP contribution in [0.2, 0.25) is 0 Å². The second kappa shape index (κ2) is 13.4. The van der Waals surface area contributed by atoms with Gasteiger partial charge in [-0.25, -0.2) is 0 Å². The maximum absolute atomic E-state index is 10.1. The lowest BCUT2D eigenvalue weighted by Crippen LogP contribution is -2.10. The molecule has 276 valence electrons. The molecule has 0 radical (unpaired) electrons. The lowest BCUT2D eigenvalue weighted by Gasteiger charge is -2.27. The van der Waals surface area contributed by atoms with Crippen molar-refractivity contribution >= 4 is 82.4 Å². The summed E-state index contributed by atoms with van der Waals surface area (Å²) in [5, 5.41) is 6.51. The number of fused-ring (bicyclic) bond motifs is 9. The second-order valence-corrected chi connectivity index (χ2v) is 14.6. The van der Waals surface area contributed by atoms with Crippen LogP contribution in [0.1, 0.15) is 11.0 Å². The number of nitrogens with zero attached hydrogens (tertiary/aromatic N) is 2. The van der Waals surface area contributed by atoms with Crippen LogP contribution < -0.4 is 4.90 Å². The molecule has 12 rings (SSSR count). The number of anilines is 3. The molecule has 2 heterocycles. The fourth-order valence-corrected chi connectivity index (χ4v) is 8.64. The highest BCUT2D eigenvalue weighted by Crippen LogP contribution is 2.46. The monoisotopic (exact) mass is 760 g/mol. The van der Waals surface area contributed by atoms with Crippen LogP contribution in [0, 0.1) is 0 Å². The molecule has 0 saturated carbocycles. The van der Waals surface area contributed by atoms with Gasteiger partial charge in [-0.2, -0.15) is 0 Å². The summed E-state index contributed by atoms with van der Waals surface area (Å²) in [7, 11) is 0. The zero-order valence-corrected chi connectivity index (χ0v) is 31.5. The van der Waals surface area contributed by atoms with Gasteiger partial charge in [0.15, 0.2) is 0 Å². The van der Waals surface area contributed by atoms with Crippen LogP contribution in [0.4, 0.5) is 17.1 Å². The molecule has 0 spiro atoms. The van der Waals surface area contributed by atoms with E-state index in [2.05, 4.69) is 4.57 Å². The predicted molar refractivity (Wildman–Crippen MR) is 249 cm³/mol. The molecule has 2 aromatic heterocycles. The molecule has 0 atom stereocenters. The van der Waals surface area contributed by atoms with E-state index in [1.807, 2.05) is 152 Å². The van der Waals surface area contributed by atoms with Crippen molar-refractivity contribution in [2.75, 3.05) is 4.90 Å². The number of furan rings is 1. The molecule has 3 nitrogen and oxygen atoms in total. The van der Waals surface area contributed by atoms with Crippen molar-refractivity contribution in [1.82, 2.24) is 4.57 Å². The van der Waals surface area contributed by atoms with Crippen LogP contribution in [-0.2, 0) is 0 Å². The molecule has 3 heteroatoms. The van der Waals surface area contributed by atoms with E-state index in [4.69, 9.17) is 4.42 Å². The molecule has 12 aromatic rings. The van der Waals surface area contributed by atoms with Crippen LogP contribution in [0.25, 0.3) is 93.2 Å². The van der Waals surface area contributed by atoms with Gasteiger partial charge in [-0.3, -0.25) is 0 Å². The average Bonchev–Trinajstić information content (AvgIpc) is 3.91. The molecule has 0 aliphatic heterocycles. The molecule has 59 heavy (non-hydrogen) atoms. The first-order valence-corrected chi connectivity index (χ1v) is 19.5. The summed E-state index contributed by atoms with van der Waals surface area (Å²) in [4.78, 5) is 1.42. The Morgan fingerprint density at radius 1 is 0.458 bits per heavy atom. The summed E-state index contributed by atoms with van der Waals surface area (Å²) in [5.41, 5.74) is 5.00. The molecule has 0 aliphatic rings. The molecular formula is C56H36N2O. The Morgan fingerprint density at radius 3 is 2.03 bits per heavy atom. The summed E-state index contributed by atoms with van der Waals surface area (Å²) in [6, 6.07) is 50.9. The van der Waals surface area contributed by atoms with Crippen molar-refractivity contribution in [3.8, 4) is 27.9 Å². The fraction of sp³-hybridized carbons (Fsp3) is 0. The first kappa shape index (κ1) is 26.1. The molecule has 0 fully saturated rings. The van der Waals surface area contributed by atoms with Crippen molar-refractivity contribution in [3.05, 3.63) is 218 Å². The van der Waals surface area contributed by atoms with Gasteiger partial charge in [-0.1, -0.05) is 145 Å². The van der Waals surface area contributed by atoms with E-state index in [0.717, 1.165) is 49.0 Å². The molecule has 0 unspecified atom stereocenters. The SMILES string of the molecule is [2H]c1c([2H])c(-c2ccc3c(c2)c2ccccc2n3-c2ccccc2)c([2H])c(N(c2c([2H])c([2H])c(-c3cccc4ccccc34)c([2H])c2[2H])c2cccc3oc4c5ccccc5ccc4c23)c1[2H]. The number of rotatable bonds is 6. The van der Waals surface area contributed by atoms with Crippen molar-refractivity contribution in [1.29, 1.82) is 0 Å². The minimum Gasteiger partial charge on any atom is -0.455 e. The lowest BCUT2D eigenvalue weighted by atomic mass is 9.97. The Kier molecular flexibility index (Phi) is 5.92. The largest absolute Gasteiger partial charge is 0.455 e. The molecule has 10 aromatic carbocycles. The summed E-state index contributed by atoms with van der Waals surface area (Å²) in [6.45, 7) is 0. The Labute approximate surface area is 352 Å². The van der Waals surface area contributed by atoms with Gasteiger partial charge >= 0.3 is 0 Å². The van der Waals surface area contributed by atoms with Gasteiger partial charge in [0, 0.05) is 38.6 Å². The lowest BCUT2D eigenvalue weighted by molar-refractivity contribution is 0.672.